The molecule has 1 unspecified atom stereocenters. The van der Waals surface area contributed by atoms with Crippen LogP contribution in [0.5, 0.6) is 0 Å². The average molecular weight is 287 g/mol. The van der Waals surface area contributed by atoms with E-state index >= 15 is 0 Å². The highest BCUT2D eigenvalue weighted by Crippen LogP contribution is 2.24. The van der Waals surface area contributed by atoms with Crippen LogP contribution in [0.3, 0.4) is 0 Å². The molecule has 1 amide bonds. The fraction of sp³-hybridized carbons (Fsp3) is 0.333. The summed E-state index contributed by atoms with van der Waals surface area (Å²) < 4.78 is 0. The van der Waals surface area contributed by atoms with E-state index in [1.807, 2.05) is 24.4 Å². The fourth-order valence-corrected chi connectivity index (χ4v) is 3.05. The summed E-state index contributed by atoms with van der Waals surface area (Å²) in [5.74, 6) is 0.0855. The van der Waals surface area contributed by atoms with Gasteiger partial charge in [-0.2, -0.15) is 0 Å². The molecule has 5 heteroatoms. The Morgan fingerprint density at radius 1 is 1.50 bits per heavy atom. The van der Waals surface area contributed by atoms with Crippen LogP contribution in [-0.2, 0) is 17.8 Å². The van der Waals surface area contributed by atoms with Crippen LogP contribution in [0.25, 0.3) is 0 Å². The third kappa shape index (κ3) is 2.82. The van der Waals surface area contributed by atoms with Crippen molar-refractivity contribution in [3.63, 3.8) is 0 Å². The first-order valence-corrected chi connectivity index (χ1v) is 7.61. The number of rotatable bonds is 3. The maximum atomic E-state index is 12.2. The van der Waals surface area contributed by atoms with Gasteiger partial charge in [0, 0.05) is 17.6 Å². The van der Waals surface area contributed by atoms with Crippen molar-refractivity contribution in [1.29, 1.82) is 0 Å². The summed E-state index contributed by atoms with van der Waals surface area (Å²) in [5.41, 5.74) is 3.29. The van der Waals surface area contributed by atoms with Gasteiger partial charge in [0.2, 0.25) is 5.91 Å². The zero-order valence-electron chi connectivity index (χ0n) is 11.3. The largest absolute Gasteiger partial charge is 0.384 e. The van der Waals surface area contributed by atoms with Crippen molar-refractivity contribution in [1.82, 2.24) is 10.3 Å². The molecule has 0 saturated heterocycles. The molecule has 1 aromatic carbocycles. The van der Waals surface area contributed by atoms with Gasteiger partial charge in [-0.05, 0) is 25.0 Å². The Morgan fingerprint density at radius 3 is 3.15 bits per heavy atom. The average Bonchev–Trinajstić information content (AvgIpc) is 2.90. The number of fused-ring (bicyclic) bond motifs is 1. The number of amides is 1. The number of nitrogens with zero attached hydrogens (tertiary/aromatic N) is 1. The number of anilines is 1. The van der Waals surface area contributed by atoms with E-state index in [0.717, 1.165) is 22.8 Å². The molecule has 2 N–H and O–H groups in total. The zero-order valence-corrected chi connectivity index (χ0v) is 12.2. The summed E-state index contributed by atoms with van der Waals surface area (Å²) in [5, 5.41) is 9.32. The van der Waals surface area contributed by atoms with Crippen molar-refractivity contribution >= 4 is 22.9 Å². The summed E-state index contributed by atoms with van der Waals surface area (Å²) in [6.45, 7) is 3.18. The summed E-state index contributed by atoms with van der Waals surface area (Å²) in [4.78, 5) is 16.6. The van der Waals surface area contributed by atoms with E-state index in [9.17, 15) is 4.79 Å². The number of carbonyl (C=O) groups is 1. The third-order valence-corrected chi connectivity index (χ3v) is 4.33. The zero-order chi connectivity index (χ0) is 13.9. The number of hydrogen-bond donors (Lipinski definition) is 2. The fourth-order valence-electron chi connectivity index (χ4n) is 2.44. The number of thiazole rings is 1. The number of aromatic nitrogens is 1. The van der Waals surface area contributed by atoms with E-state index in [-0.39, 0.29) is 11.8 Å². The van der Waals surface area contributed by atoms with Crippen LogP contribution in [0.2, 0.25) is 0 Å². The predicted octanol–water partition coefficient (Wildman–Crippen LogP) is 2.35. The van der Waals surface area contributed by atoms with Crippen molar-refractivity contribution in [3.8, 4) is 0 Å². The predicted molar refractivity (Wildman–Crippen MR) is 80.8 cm³/mol. The van der Waals surface area contributed by atoms with Crippen LogP contribution in [0.4, 0.5) is 5.69 Å². The van der Waals surface area contributed by atoms with Gasteiger partial charge in [-0.25, -0.2) is 4.98 Å². The van der Waals surface area contributed by atoms with E-state index in [2.05, 4.69) is 27.8 Å². The Hall–Kier alpha value is -1.88. The van der Waals surface area contributed by atoms with Crippen LogP contribution in [-0.4, -0.2) is 17.4 Å². The van der Waals surface area contributed by atoms with Crippen LogP contribution < -0.4 is 10.6 Å². The Bertz CT molecular complexity index is 623. The third-order valence-electron chi connectivity index (χ3n) is 3.50. The van der Waals surface area contributed by atoms with E-state index in [0.29, 0.717) is 13.1 Å². The number of carbonyl (C=O) groups excluding carboxylic acids is 1. The minimum absolute atomic E-state index is 0.00960. The molecule has 0 bridgehead atoms. The molecule has 20 heavy (non-hydrogen) atoms. The topological polar surface area (TPSA) is 54.0 Å². The van der Waals surface area contributed by atoms with E-state index in [1.54, 1.807) is 11.3 Å². The van der Waals surface area contributed by atoms with Gasteiger partial charge < -0.3 is 10.6 Å². The van der Waals surface area contributed by atoms with Gasteiger partial charge >= 0.3 is 0 Å². The standard InChI is InChI=1S/C15H17N3OS/c1-10-18-13(9-20-10)8-17-15(19)12-6-11-4-2-3-5-14(11)16-7-12/h2-5,9,12,16H,6-8H2,1H3,(H,17,19). The van der Waals surface area contributed by atoms with Crippen molar-refractivity contribution in [2.45, 2.75) is 19.9 Å². The molecule has 0 radical (unpaired) electrons. The van der Waals surface area contributed by atoms with Crippen LogP contribution in [0, 0.1) is 12.8 Å². The lowest BCUT2D eigenvalue weighted by Gasteiger charge is -2.25. The SMILES string of the molecule is Cc1nc(CNC(=O)C2CNc3ccccc3C2)cs1. The van der Waals surface area contributed by atoms with Crippen LogP contribution in [0.15, 0.2) is 29.6 Å². The first-order chi connectivity index (χ1) is 9.72. The van der Waals surface area contributed by atoms with Gasteiger partial charge in [0.1, 0.15) is 0 Å². The molecular weight excluding hydrogens is 270 g/mol. The summed E-state index contributed by atoms with van der Waals surface area (Å²) >= 11 is 1.61. The summed E-state index contributed by atoms with van der Waals surface area (Å²) in [6, 6.07) is 8.16. The second kappa shape index (κ2) is 5.63. The lowest BCUT2D eigenvalue weighted by Crippen LogP contribution is -2.37. The monoisotopic (exact) mass is 287 g/mol. The Morgan fingerprint density at radius 2 is 2.35 bits per heavy atom. The first kappa shape index (κ1) is 13.1. The molecule has 1 aliphatic rings. The number of nitrogens with one attached hydrogen (secondary N) is 2. The van der Waals surface area contributed by atoms with Gasteiger partial charge in [0.05, 0.1) is 23.2 Å². The Kier molecular flexibility index (Phi) is 3.69. The second-order valence-corrected chi connectivity index (χ2v) is 6.08. The van der Waals surface area contributed by atoms with Gasteiger partial charge in [0.15, 0.2) is 0 Å². The molecule has 0 spiro atoms. The molecule has 3 rings (SSSR count). The van der Waals surface area contributed by atoms with Gasteiger partial charge in [0.25, 0.3) is 0 Å². The van der Waals surface area contributed by atoms with Crippen molar-refractivity contribution in [2.24, 2.45) is 5.92 Å². The molecule has 2 heterocycles. The molecular formula is C15H17N3OS. The highest BCUT2D eigenvalue weighted by Gasteiger charge is 2.23. The number of aryl methyl sites for hydroxylation is 1. The minimum atomic E-state index is -0.00960. The highest BCUT2D eigenvalue weighted by atomic mass is 32.1. The molecule has 104 valence electrons. The molecule has 1 atom stereocenters. The molecule has 1 aromatic heterocycles. The van der Waals surface area contributed by atoms with Gasteiger partial charge in [-0.3, -0.25) is 4.79 Å². The number of benzene rings is 1. The van der Waals surface area contributed by atoms with E-state index < -0.39 is 0 Å². The molecule has 0 saturated carbocycles. The van der Waals surface area contributed by atoms with E-state index in [1.165, 1.54) is 5.56 Å². The van der Waals surface area contributed by atoms with Crippen LogP contribution >= 0.6 is 11.3 Å². The van der Waals surface area contributed by atoms with Crippen molar-refractivity contribution in [3.05, 3.63) is 45.9 Å². The molecule has 4 nitrogen and oxygen atoms in total. The normalized spacial score (nSPS) is 17.1. The lowest BCUT2D eigenvalue weighted by molar-refractivity contribution is -0.124. The second-order valence-electron chi connectivity index (χ2n) is 5.01. The maximum Gasteiger partial charge on any atom is 0.225 e. The van der Waals surface area contributed by atoms with Gasteiger partial charge in [-0.1, -0.05) is 18.2 Å². The quantitative estimate of drug-likeness (QED) is 0.911. The minimum Gasteiger partial charge on any atom is -0.384 e. The van der Waals surface area contributed by atoms with Gasteiger partial charge in [-0.15, -0.1) is 11.3 Å². The summed E-state index contributed by atoms with van der Waals surface area (Å²) in [6.07, 6.45) is 0.797. The van der Waals surface area contributed by atoms with Crippen molar-refractivity contribution < 1.29 is 4.79 Å². The maximum absolute atomic E-state index is 12.2. The Balaban J connectivity index is 1.59. The van der Waals surface area contributed by atoms with E-state index in [4.69, 9.17) is 0 Å². The summed E-state index contributed by atoms with van der Waals surface area (Å²) in [7, 11) is 0. The lowest BCUT2D eigenvalue weighted by atomic mass is 9.93. The smallest absolute Gasteiger partial charge is 0.225 e. The number of hydrogen-bond acceptors (Lipinski definition) is 4. The highest BCUT2D eigenvalue weighted by molar-refractivity contribution is 7.09. The molecule has 0 aliphatic carbocycles. The molecule has 2 aromatic rings. The first-order valence-electron chi connectivity index (χ1n) is 6.73. The van der Waals surface area contributed by atoms with Crippen LogP contribution in [0.1, 0.15) is 16.3 Å². The number of para-hydroxylation sites is 1. The van der Waals surface area contributed by atoms with Crippen molar-refractivity contribution in [2.75, 3.05) is 11.9 Å². The molecule has 1 aliphatic heterocycles. The molecule has 0 fully saturated rings. The Labute approximate surface area is 122 Å².